The summed E-state index contributed by atoms with van der Waals surface area (Å²) in [5.74, 6) is 0. The van der Waals surface area contributed by atoms with Crippen LogP contribution in [-0.2, 0) is 6.42 Å². The van der Waals surface area contributed by atoms with Gasteiger partial charge in [-0.3, -0.25) is 0 Å². The Hall–Kier alpha value is -1.18. The van der Waals surface area contributed by atoms with Crippen LogP contribution in [0.1, 0.15) is 57.9 Å². The zero-order valence-electron chi connectivity index (χ0n) is 13.3. The minimum Gasteiger partial charge on any atom is -0.384 e. The molecule has 0 atom stereocenters. The van der Waals surface area contributed by atoms with Crippen molar-refractivity contribution in [2.24, 2.45) is 0 Å². The highest BCUT2D eigenvalue weighted by Crippen LogP contribution is 2.27. The summed E-state index contributed by atoms with van der Waals surface area (Å²) in [6.07, 6.45) is 9.11. The van der Waals surface area contributed by atoms with E-state index in [-0.39, 0.29) is 0 Å². The van der Waals surface area contributed by atoms with Gasteiger partial charge in [0.15, 0.2) is 0 Å². The van der Waals surface area contributed by atoms with Crippen molar-refractivity contribution in [1.82, 2.24) is 0 Å². The van der Waals surface area contributed by atoms with Gasteiger partial charge in [-0.2, -0.15) is 0 Å². The third-order valence-corrected chi connectivity index (χ3v) is 4.23. The van der Waals surface area contributed by atoms with Crippen molar-refractivity contribution in [3.05, 3.63) is 23.8 Å². The molecule has 1 aliphatic rings. The van der Waals surface area contributed by atoms with Crippen molar-refractivity contribution in [2.45, 2.75) is 58.8 Å². The van der Waals surface area contributed by atoms with Crippen LogP contribution in [0, 0.1) is 0 Å². The monoisotopic (exact) mass is 274 g/mol. The summed E-state index contributed by atoms with van der Waals surface area (Å²) >= 11 is 0. The van der Waals surface area contributed by atoms with E-state index in [4.69, 9.17) is 0 Å². The molecular weight excluding hydrogens is 244 g/mol. The van der Waals surface area contributed by atoms with Crippen molar-refractivity contribution >= 4 is 11.4 Å². The maximum absolute atomic E-state index is 3.45. The maximum Gasteiger partial charge on any atom is 0.0375 e. The fourth-order valence-electron chi connectivity index (χ4n) is 2.96. The van der Waals surface area contributed by atoms with Crippen molar-refractivity contribution in [3.8, 4) is 0 Å². The lowest BCUT2D eigenvalue weighted by atomic mass is 10.1. The van der Waals surface area contributed by atoms with Crippen LogP contribution in [0.25, 0.3) is 0 Å². The minimum atomic E-state index is 1.10. The highest BCUT2D eigenvalue weighted by Gasteiger charge is 2.13. The minimum absolute atomic E-state index is 1.10. The van der Waals surface area contributed by atoms with Crippen molar-refractivity contribution in [2.75, 3.05) is 29.9 Å². The van der Waals surface area contributed by atoms with E-state index >= 15 is 0 Å². The molecule has 2 nitrogen and oxygen atoms in total. The van der Waals surface area contributed by atoms with E-state index < -0.39 is 0 Å². The molecule has 20 heavy (non-hydrogen) atoms. The molecule has 0 bridgehead atoms. The van der Waals surface area contributed by atoms with Gasteiger partial charge < -0.3 is 10.2 Å². The molecule has 1 aromatic rings. The molecule has 1 N–H and O–H groups in total. The van der Waals surface area contributed by atoms with Gasteiger partial charge in [-0.1, -0.05) is 39.5 Å². The maximum atomic E-state index is 3.45. The summed E-state index contributed by atoms with van der Waals surface area (Å²) in [5, 5.41) is 3.45. The smallest absolute Gasteiger partial charge is 0.0375 e. The van der Waals surface area contributed by atoms with E-state index in [2.05, 4.69) is 42.3 Å². The molecule has 0 aromatic heterocycles. The zero-order chi connectivity index (χ0) is 14.2. The van der Waals surface area contributed by atoms with Gasteiger partial charge in [0.1, 0.15) is 0 Å². The van der Waals surface area contributed by atoms with Crippen LogP contribution in [0.5, 0.6) is 0 Å². The lowest BCUT2D eigenvalue weighted by Gasteiger charge is -2.25. The SMILES string of the molecule is CCCCCN(CCCCC)c1ccc2c(c1)CCN2. The van der Waals surface area contributed by atoms with Gasteiger partial charge in [-0.25, -0.2) is 0 Å². The lowest BCUT2D eigenvalue weighted by molar-refractivity contribution is 0.636. The molecule has 1 aliphatic heterocycles. The Morgan fingerprint density at radius 1 is 1.00 bits per heavy atom. The largest absolute Gasteiger partial charge is 0.384 e. The highest BCUT2D eigenvalue weighted by molar-refractivity contribution is 5.63. The average molecular weight is 274 g/mol. The van der Waals surface area contributed by atoms with Crippen LogP contribution >= 0.6 is 0 Å². The first-order valence-corrected chi connectivity index (χ1v) is 8.47. The number of benzene rings is 1. The fraction of sp³-hybridized carbons (Fsp3) is 0.667. The third kappa shape index (κ3) is 4.16. The molecule has 2 heteroatoms. The van der Waals surface area contributed by atoms with Crippen LogP contribution in [0.2, 0.25) is 0 Å². The van der Waals surface area contributed by atoms with Gasteiger partial charge in [-0.05, 0) is 43.0 Å². The van der Waals surface area contributed by atoms with Crippen LogP contribution in [0.15, 0.2) is 18.2 Å². The van der Waals surface area contributed by atoms with Crippen molar-refractivity contribution < 1.29 is 0 Å². The summed E-state index contributed by atoms with van der Waals surface area (Å²) in [6.45, 7) is 8.09. The number of nitrogens with zero attached hydrogens (tertiary/aromatic N) is 1. The Morgan fingerprint density at radius 3 is 2.35 bits per heavy atom. The molecule has 1 heterocycles. The quantitative estimate of drug-likeness (QED) is 0.648. The lowest BCUT2D eigenvalue weighted by Crippen LogP contribution is -2.25. The summed E-state index contributed by atoms with van der Waals surface area (Å²) in [7, 11) is 0. The third-order valence-electron chi connectivity index (χ3n) is 4.23. The molecular formula is C18H30N2. The van der Waals surface area contributed by atoms with Gasteiger partial charge >= 0.3 is 0 Å². The summed E-state index contributed by atoms with van der Waals surface area (Å²) in [4.78, 5) is 2.60. The Balaban J connectivity index is 2.00. The molecule has 0 fully saturated rings. The second kappa shape index (κ2) is 8.18. The Morgan fingerprint density at radius 2 is 1.70 bits per heavy atom. The molecule has 0 saturated carbocycles. The highest BCUT2D eigenvalue weighted by atomic mass is 15.1. The van der Waals surface area contributed by atoms with Crippen LogP contribution in [0.3, 0.4) is 0 Å². The van der Waals surface area contributed by atoms with E-state index in [9.17, 15) is 0 Å². The van der Waals surface area contributed by atoms with E-state index in [1.807, 2.05) is 0 Å². The molecule has 0 radical (unpaired) electrons. The summed E-state index contributed by atoms with van der Waals surface area (Å²) in [6, 6.07) is 6.98. The van der Waals surface area contributed by atoms with Gasteiger partial charge in [0.05, 0.1) is 0 Å². The summed E-state index contributed by atoms with van der Waals surface area (Å²) in [5.41, 5.74) is 4.27. The van der Waals surface area contributed by atoms with Crippen molar-refractivity contribution in [3.63, 3.8) is 0 Å². The average Bonchev–Trinajstić information content (AvgIpc) is 2.93. The van der Waals surface area contributed by atoms with Crippen molar-refractivity contribution in [1.29, 1.82) is 0 Å². The number of hydrogen-bond donors (Lipinski definition) is 1. The molecule has 0 aliphatic carbocycles. The number of rotatable bonds is 9. The molecule has 112 valence electrons. The fourth-order valence-corrected chi connectivity index (χ4v) is 2.96. The zero-order valence-corrected chi connectivity index (χ0v) is 13.3. The predicted octanol–water partition coefficient (Wildman–Crippen LogP) is 4.84. The normalized spacial score (nSPS) is 13.1. The molecule has 1 aromatic carbocycles. The van der Waals surface area contributed by atoms with Gasteiger partial charge in [0.2, 0.25) is 0 Å². The molecule has 0 unspecified atom stereocenters. The molecule has 0 spiro atoms. The molecule has 2 rings (SSSR count). The van der Waals surface area contributed by atoms with Crippen LogP contribution in [-0.4, -0.2) is 19.6 Å². The Bertz CT molecular complexity index is 390. The molecule has 0 saturated heterocycles. The van der Waals surface area contributed by atoms with E-state index in [0.717, 1.165) is 6.54 Å². The predicted molar refractivity (Wildman–Crippen MR) is 89.9 cm³/mol. The number of fused-ring (bicyclic) bond motifs is 1. The van der Waals surface area contributed by atoms with Gasteiger partial charge in [-0.15, -0.1) is 0 Å². The number of unbranched alkanes of at least 4 members (excludes halogenated alkanes) is 4. The number of anilines is 2. The van der Waals surface area contributed by atoms with Gasteiger partial charge in [0, 0.05) is 31.0 Å². The summed E-state index contributed by atoms with van der Waals surface area (Å²) < 4.78 is 0. The Kier molecular flexibility index (Phi) is 6.23. The first-order chi connectivity index (χ1) is 9.85. The Labute approximate surface area is 124 Å². The van der Waals surface area contributed by atoms with Gasteiger partial charge in [0.25, 0.3) is 0 Å². The first kappa shape index (κ1) is 15.2. The van der Waals surface area contributed by atoms with E-state index in [0.29, 0.717) is 0 Å². The number of nitrogens with one attached hydrogen (secondary N) is 1. The second-order valence-corrected chi connectivity index (χ2v) is 5.92. The second-order valence-electron chi connectivity index (χ2n) is 5.92. The van der Waals surface area contributed by atoms with E-state index in [1.54, 1.807) is 0 Å². The first-order valence-electron chi connectivity index (χ1n) is 8.47. The number of hydrogen-bond acceptors (Lipinski definition) is 2. The van der Waals surface area contributed by atoms with Crippen LogP contribution in [0.4, 0.5) is 11.4 Å². The molecule has 0 amide bonds. The van der Waals surface area contributed by atoms with E-state index in [1.165, 1.54) is 75.0 Å². The van der Waals surface area contributed by atoms with Crippen LogP contribution < -0.4 is 10.2 Å². The standard InChI is InChI=1S/C18H30N2/c1-3-5-7-13-20(14-8-6-4-2)17-9-10-18-16(15-17)11-12-19-18/h9-10,15,19H,3-8,11-14H2,1-2H3. The topological polar surface area (TPSA) is 15.3 Å².